The lowest BCUT2D eigenvalue weighted by Crippen LogP contribution is -2.48. The molecule has 3 rings (SSSR count). The molecule has 1 amide bonds. The minimum Gasteiger partial charge on any atom is -0.335 e. The molecule has 24 heavy (non-hydrogen) atoms. The molecule has 2 aliphatic heterocycles. The Kier molecular flexibility index (Phi) is 5.25. The van der Waals surface area contributed by atoms with Crippen LogP contribution in [-0.4, -0.2) is 69.2 Å². The van der Waals surface area contributed by atoms with Crippen LogP contribution in [0.15, 0.2) is 6.07 Å². The van der Waals surface area contributed by atoms with E-state index < -0.39 is 0 Å². The zero-order valence-electron chi connectivity index (χ0n) is 15.5. The highest BCUT2D eigenvalue weighted by Crippen LogP contribution is 2.17. The first kappa shape index (κ1) is 17.4. The van der Waals surface area contributed by atoms with E-state index in [1.54, 1.807) is 0 Å². The third-order valence-electron chi connectivity index (χ3n) is 5.18. The topological polar surface area (TPSA) is 44.6 Å². The van der Waals surface area contributed by atoms with Crippen LogP contribution < -0.4 is 0 Å². The average molecular weight is 333 g/mol. The second-order valence-corrected chi connectivity index (χ2v) is 7.67. The van der Waals surface area contributed by atoms with Crippen LogP contribution in [0.4, 0.5) is 0 Å². The Balaban J connectivity index is 1.57. The molecule has 1 saturated heterocycles. The molecule has 3 heterocycles. The fraction of sp³-hybridized carbons (Fsp3) is 0.778. The average Bonchev–Trinajstić information content (AvgIpc) is 2.95. The van der Waals surface area contributed by atoms with E-state index in [1.807, 2.05) is 18.7 Å². The van der Waals surface area contributed by atoms with Gasteiger partial charge in [-0.25, -0.2) is 0 Å². The molecular formula is C18H31N5O. The summed E-state index contributed by atoms with van der Waals surface area (Å²) in [6.07, 6.45) is 0. The minimum atomic E-state index is 0.0659. The van der Waals surface area contributed by atoms with Crippen LogP contribution in [0.3, 0.4) is 0 Å². The molecule has 0 spiro atoms. The van der Waals surface area contributed by atoms with E-state index in [0.29, 0.717) is 12.6 Å². The van der Waals surface area contributed by atoms with Gasteiger partial charge in [0.05, 0.1) is 24.5 Å². The van der Waals surface area contributed by atoms with E-state index in [9.17, 15) is 4.79 Å². The van der Waals surface area contributed by atoms with Crippen LogP contribution >= 0.6 is 0 Å². The predicted octanol–water partition coefficient (Wildman–Crippen LogP) is 1.41. The van der Waals surface area contributed by atoms with Gasteiger partial charge in [-0.15, -0.1) is 0 Å². The maximum absolute atomic E-state index is 12.2. The van der Waals surface area contributed by atoms with Gasteiger partial charge in [0.1, 0.15) is 0 Å². The molecular weight excluding hydrogens is 302 g/mol. The first-order valence-corrected chi connectivity index (χ1v) is 9.25. The Hall–Kier alpha value is -1.40. The Morgan fingerprint density at radius 2 is 1.79 bits per heavy atom. The van der Waals surface area contributed by atoms with Gasteiger partial charge >= 0.3 is 0 Å². The molecule has 1 aromatic rings. The van der Waals surface area contributed by atoms with Gasteiger partial charge in [-0.3, -0.25) is 19.3 Å². The second-order valence-electron chi connectivity index (χ2n) is 7.67. The number of fused-ring (bicyclic) bond motifs is 1. The Morgan fingerprint density at radius 3 is 2.42 bits per heavy atom. The summed E-state index contributed by atoms with van der Waals surface area (Å²) < 4.78 is 2.09. The standard InChI is InChI=1S/C18H31N5O/c1-14(2)18(24)22-9-10-23-17(13-22)11-16(19-23)12-20-5-7-21(8-6-20)15(3)4/h11,14-15H,5-10,12-13H2,1-4H3. The third kappa shape index (κ3) is 3.81. The summed E-state index contributed by atoms with van der Waals surface area (Å²) in [6, 6.07) is 2.82. The highest BCUT2D eigenvalue weighted by atomic mass is 16.2. The second kappa shape index (κ2) is 7.23. The van der Waals surface area contributed by atoms with Gasteiger partial charge in [0.15, 0.2) is 0 Å². The normalized spacial score (nSPS) is 20.0. The Bertz CT molecular complexity index is 572. The maximum atomic E-state index is 12.2. The molecule has 0 atom stereocenters. The molecule has 1 fully saturated rings. The zero-order valence-corrected chi connectivity index (χ0v) is 15.5. The van der Waals surface area contributed by atoms with Crippen LogP contribution in [0.25, 0.3) is 0 Å². The SMILES string of the molecule is CC(C)C(=O)N1CCn2nc(CN3CCN(C(C)C)CC3)cc2C1. The van der Waals surface area contributed by atoms with Crippen LogP contribution in [0.5, 0.6) is 0 Å². The number of amides is 1. The monoisotopic (exact) mass is 333 g/mol. The Labute approximate surface area is 145 Å². The zero-order chi connectivity index (χ0) is 17.3. The number of carbonyl (C=O) groups is 1. The van der Waals surface area contributed by atoms with Gasteiger partial charge in [-0.1, -0.05) is 13.8 Å². The van der Waals surface area contributed by atoms with Gasteiger partial charge in [-0.2, -0.15) is 5.10 Å². The smallest absolute Gasteiger partial charge is 0.225 e. The highest BCUT2D eigenvalue weighted by molar-refractivity contribution is 5.78. The largest absolute Gasteiger partial charge is 0.335 e. The molecule has 0 aliphatic carbocycles. The molecule has 0 aromatic carbocycles. The quantitative estimate of drug-likeness (QED) is 0.836. The molecule has 2 aliphatic rings. The highest BCUT2D eigenvalue weighted by Gasteiger charge is 2.25. The van der Waals surface area contributed by atoms with Crippen LogP contribution in [0.2, 0.25) is 0 Å². The van der Waals surface area contributed by atoms with Gasteiger partial charge in [0, 0.05) is 51.2 Å². The van der Waals surface area contributed by atoms with Crippen molar-refractivity contribution in [2.24, 2.45) is 5.92 Å². The fourth-order valence-electron chi connectivity index (χ4n) is 3.62. The number of hydrogen-bond donors (Lipinski definition) is 0. The number of piperazine rings is 1. The molecule has 6 nitrogen and oxygen atoms in total. The lowest BCUT2D eigenvalue weighted by molar-refractivity contribution is -0.136. The van der Waals surface area contributed by atoms with Crippen molar-refractivity contribution in [1.29, 1.82) is 0 Å². The van der Waals surface area contributed by atoms with E-state index >= 15 is 0 Å². The van der Waals surface area contributed by atoms with Crippen molar-refractivity contribution in [3.05, 3.63) is 17.5 Å². The van der Waals surface area contributed by atoms with Gasteiger partial charge in [0.2, 0.25) is 5.91 Å². The van der Waals surface area contributed by atoms with Crippen LogP contribution in [0.1, 0.15) is 39.1 Å². The van der Waals surface area contributed by atoms with Crippen molar-refractivity contribution in [1.82, 2.24) is 24.5 Å². The molecule has 0 bridgehead atoms. The summed E-state index contributed by atoms with van der Waals surface area (Å²) in [5.74, 6) is 0.310. The van der Waals surface area contributed by atoms with Crippen molar-refractivity contribution in [2.45, 2.75) is 53.4 Å². The van der Waals surface area contributed by atoms with E-state index in [2.05, 4.69) is 34.4 Å². The number of hydrogen-bond acceptors (Lipinski definition) is 4. The van der Waals surface area contributed by atoms with Crippen molar-refractivity contribution in [3.8, 4) is 0 Å². The lowest BCUT2D eigenvalue weighted by atomic mass is 10.1. The molecule has 6 heteroatoms. The number of aromatic nitrogens is 2. The summed E-state index contributed by atoms with van der Waals surface area (Å²) in [5.41, 5.74) is 2.31. The molecule has 0 saturated carbocycles. The fourth-order valence-corrected chi connectivity index (χ4v) is 3.62. The third-order valence-corrected chi connectivity index (χ3v) is 5.18. The van der Waals surface area contributed by atoms with E-state index in [4.69, 9.17) is 5.10 Å². The van der Waals surface area contributed by atoms with E-state index in [0.717, 1.165) is 51.5 Å². The first-order chi connectivity index (χ1) is 11.4. The molecule has 0 radical (unpaired) electrons. The van der Waals surface area contributed by atoms with E-state index in [1.165, 1.54) is 5.69 Å². The minimum absolute atomic E-state index is 0.0659. The van der Waals surface area contributed by atoms with Crippen molar-refractivity contribution in [2.75, 3.05) is 32.7 Å². The number of nitrogens with zero attached hydrogens (tertiary/aromatic N) is 5. The van der Waals surface area contributed by atoms with E-state index in [-0.39, 0.29) is 11.8 Å². The van der Waals surface area contributed by atoms with Crippen LogP contribution in [-0.2, 0) is 24.4 Å². The van der Waals surface area contributed by atoms with Crippen molar-refractivity contribution >= 4 is 5.91 Å². The van der Waals surface area contributed by atoms with Gasteiger partial charge in [-0.05, 0) is 19.9 Å². The summed E-state index contributed by atoms with van der Waals surface area (Å²) in [5, 5.41) is 4.76. The summed E-state index contributed by atoms with van der Waals surface area (Å²) in [7, 11) is 0. The Morgan fingerprint density at radius 1 is 1.08 bits per heavy atom. The van der Waals surface area contributed by atoms with Crippen molar-refractivity contribution in [3.63, 3.8) is 0 Å². The number of rotatable bonds is 4. The molecule has 134 valence electrons. The molecule has 0 N–H and O–H groups in total. The first-order valence-electron chi connectivity index (χ1n) is 9.25. The summed E-state index contributed by atoms with van der Waals surface area (Å²) >= 11 is 0. The predicted molar refractivity (Wildman–Crippen MR) is 94.5 cm³/mol. The van der Waals surface area contributed by atoms with Crippen molar-refractivity contribution < 1.29 is 4.79 Å². The summed E-state index contributed by atoms with van der Waals surface area (Å²) in [6.45, 7) is 16.2. The maximum Gasteiger partial charge on any atom is 0.225 e. The van der Waals surface area contributed by atoms with Gasteiger partial charge in [0.25, 0.3) is 0 Å². The molecule has 1 aromatic heterocycles. The van der Waals surface area contributed by atoms with Gasteiger partial charge < -0.3 is 4.90 Å². The summed E-state index contributed by atoms with van der Waals surface area (Å²) in [4.78, 5) is 19.2. The molecule has 0 unspecified atom stereocenters. The number of carbonyl (C=O) groups excluding carboxylic acids is 1. The lowest BCUT2D eigenvalue weighted by Gasteiger charge is -2.36. The van der Waals surface area contributed by atoms with Crippen LogP contribution in [0, 0.1) is 5.92 Å².